The lowest BCUT2D eigenvalue weighted by atomic mass is 10.1. The first-order valence-corrected chi connectivity index (χ1v) is 6.38. The molecule has 2 aromatic carbocycles. The van der Waals surface area contributed by atoms with Crippen molar-refractivity contribution in [3.05, 3.63) is 70.8 Å². The minimum absolute atomic E-state index is 0.0467. The molecule has 2 rings (SSSR count). The summed E-state index contributed by atoms with van der Waals surface area (Å²) in [6.45, 7) is 1.73. The predicted molar refractivity (Wildman–Crippen MR) is 73.8 cm³/mol. The van der Waals surface area contributed by atoms with Gasteiger partial charge in [-0.1, -0.05) is 35.9 Å². The highest BCUT2D eigenvalue weighted by atomic mass is 19.4. The van der Waals surface area contributed by atoms with Gasteiger partial charge in [0, 0.05) is 12.1 Å². The van der Waals surface area contributed by atoms with Gasteiger partial charge < -0.3 is 5.32 Å². The number of alkyl halides is 3. The van der Waals surface area contributed by atoms with Crippen LogP contribution in [0.25, 0.3) is 0 Å². The summed E-state index contributed by atoms with van der Waals surface area (Å²) in [6, 6.07) is 12.0. The Balaban J connectivity index is 2.10. The Hall–Kier alpha value is -2.30. The van der Waals surface area contributed by atoms with E-state index in [1.165, 1.54) is 18.2 Å². The van der Waals surface area contributed by atoms with Gasteiger partial charge in [-0.15, -0.1) is 0 Å². The molecular weight excluding hydrogens is 279 g/mol. The van der Waals surface area contributed by atoms with Gasteiger partial charge in [0.15, 0.2) is 0 Å². The van der Waals surface area contributed by atoms with E-state index in [0.29, 0.717) is 5.56 Å². The smallest absolute Gasteiger partial charge is 0.348 e. The van der Waals surface area contributed by atoms with E-state index in [0.717, 1.165) is 11.6 Å². The molecule has 0 heterocycles. The summed E-state index contributed by atoms with van der Waals surface area (Å²) < 4.78 is 38.5. The molecule has 0 aliphatic carbocycles. The summed E-state index contributed by atoms with van der Waals surface area (Å²) in [7, 11) is 0. The lowest BCUT2D eigenvalue weighted by Gasteiger charge is -2.13. The summed E-state index contributed by atoms with van der Waals surface area (Å²) in [4.78, 5) is 11.9. The first-order chi connectivity index (χ1) is 9.88. The van der Waals surface area contributed by atoms with Gasteiger partial charge in [-0.05, 0) is 30.7 Å². The Morgan fingerprint density at radius 2 is 1.67 bits per heavy atom. The first-order valence-electron chi connectivity index (χ1n) is 6.38. The van der Waals surface area contributed by atoms with Crippen LogP contribution in [-0.4, -0.2) is 5.91 Å². The summed E-state index contributed by atoms with van der Waals surface area (Å²) in [5.74, 6) is -0.396. The van der Waals surface area contributed by atoms with Gasteiger partial charge in [0.25, 0.3) is 5.91 Å². The van der Waals surface area contributed by atoms with E-state index in [9.17, 15) is 18.0 Å². The van der Waals surface area contributed by atoms with Gasteiger partial charge in [-0.25, -0.2) is 0 Å². The number of benzene rings is 2. The number of rotatable bonds is 3. The molecule has 0 unspecified atom stereocenters. The van der Waals surface area contributed by atoms with Gasteiger partial charge in [0.1, 0.15) is 0 Å². The van der Waals surface area contributed by atoms with E-state index in [4.69, 9.17) is 0 Å². The summed E-state index contributed by atoms with van der Waals surface area (Å²) in [6.07, 6.45) is -4.43. The minimum Gasteiger partial charge on any atom is -0.348 e. The van der Waals surface area contributed by atoms with E-state index < -0.39 is 17.6 Å². The second kappa shape index (κ2) is 5.99. The molecule has 0 aromatic heterocycles. The Morgan fingerprint density at radius 1 is 1.05 bits per heavy atom. The highest BCUT2D eigenvalue weighted by molar-refractivity contribution is 5.94. The Kier molecular flexibility index (Phi) is 4.31. The fourth-order valence-electron chi connectivity index (χ4n) is 1.93. The second-order valence-corrected chi connectivity index (χ2v) is 4.70. The van der Waals surface area contributed by atoms with E-state index in [1.807, 2.05) is 6.92 Å². The molecule has 1 amide bonds. The van der Waals surface area contributed by atoms with Crippen LogP contribution >= 0.6 is 0 Å². The molecule has 0 fully saturated rings. The average Bonchev–Trinajstić information content (AvgIpc) is 2.45. The fourth-order valence-corrected chi connectivity index (χ4v) is 1.93. The van der Waals surface area contributed by atoms with E-state index >= 15 is 0 Å². The first kappa shape index (κ1) is 15.1. The zero-order chi connectivity index (χ0) is 15.5. The lowest BCUT2D eigenvalue weighted by Crippen LogP contribution is -2.24. The number of aryl methyl sites for hydroxylation is 1. The Morgan fingerprint density at radius 3 is 2.29 bits per heavy atom. The quantitative estimate of drug-likeness (QED) is 0.912. The van der Waals surface area contributed by atoms with Crippen molar-refractivity contribution in [3.8, 4) is 0 Å². The van der Waals surface area contributed by atoms with Crippen molar-refractivity contribution in [3.63, 3.8) is 0 Å². The van der Waals surface area contributed by atoms with Crippen molar-refractivity contribution in [2.45, 2.75) is 19.6 Å². The molecule has 110 valence electrons. The van der Waals surface area contributed by atoms with Gasteiger partial charge >= 0.3 is 6.18 Å². The summed E-state index contributed by atoms with van der Waals surface area (Å²) in [5.41, 5.74) is 0.749. The highest BCUT2D eigenvalue weighted by Gasteiger charge is 2.32. The maximum atomic E-state index is 12.8. The van der Waals surface area contributed by atoms with Crippen molar-refractivity contribution >= 4 is 5.91 Å². The van der Waals surface area contributed by atoms with Crippen LogP contribution in [0.4, 0.5) is 13.2 Å². The standard InChI is InChI=1S/C16H14F3NO/c1-11-6-8-12(9-7-11)15(21)20-10-13-4-2-3-5-14(13)16(17,18)19/h2-9H,10H2,1H3,(H,20,21). The van der Waals surface area contributed by atoms with Crippen LogP contribution in [0.5, 0.6) is 0 Å². The second-order valence-electron chi connectivity index (χ2n) is 4.70. The Bertz CT molecular complexity index is 633. The van der Waals surface area contributed by atoms with Gasteiger partial charge in [-0.2, -0.15) is 13.2 Å². The largest absolute Gasteiger partial charge is 0.416 e. The molecule has 0 aliphatic rings. The van der Waals surface area contributed by atoms with Gasteiger partial charge in [0.05, 0.1) is 5.56 Å². The third-order valence-electron chi connectivity index (χ3n) is 3.08. The van der Waals surface area contributed by atoms with Crippen LogP contribution in [0, 0.1) is 6.92 Å². The van der Waals surface area contributed by atoms with Gasteiger partial charge in [-0.3, -0.25) is 4.79 Å². The molecule has 0 saturated carbocycles. The maximum Gasteiger partial charge on any atom is 0.416 e. The SMILES string of the molecule is Cc1ccc(C(=O)NCc2ccccc2C(F)(F)F)cc1. The van der Waals surface area contributed by atoms with Crippen molar-refractivity contribution < 1.29 is 18.0 Å². The number of nitrogens with one attached hydrogen (secondary N) is 1. The third kappa shape index (κ3) is 3.84. The van der Waals surface area contributed by atoms with Crippen molar-refractivity contribution in [2.75, 3.05) is 0 Å². The van der Waals surface area contributed by atoms with Crippen molar-refractivity contribution in [2.24, 2.45) is 0 Å². The molecule has 21 heavy (non-hydrogen) atoms. The van der Waals surface area contributed by atoms with Crippen LogP contribution in [0.2, 0.25) is 0 Å². The monoisotopic (exact) mass is 293 g/mol. The number of halogens is 3. The number of carbonyl (C=O) groups excluding carboxylic acids is 1. The maximum absolute atomic E-state index is 12.8. The molecule has 5 heteroatoms. The van der Waals surface area contributed by atoms with Crippen molar-refractivity contribution in [1.29, 1.82) is 0 Å². The topological polar surface area (TPSA) is 29.1 Å². The molecular formula is C16H14F3NO. The van der Waals surface area contributed by atoms with E-state index in [1.54, 1.807) is 24.3 Å². The van der Waals surface area contributed by atoms with E-state index in [2.05, 4.69) is 5.32 Å². The molecule has 0 bridgehead atoms. The highest BCUT2D eigenvalue weighted by Crippen LogP contribution is 2.31. The molecule has 2 nitrogen and oxygen atoms in total. The molecule has 0 spiro atoms. The fraction of sp³-hybridized carbons (Fsp3) is 0.188. The van der Waals surface area contributed by atoms with Crippen LogP contribution in [0.1, 0.15) is 27.0 Å². The summed E-state index contributed by atoms with van der Waals surface area (Å²) >= 11 is 0. The predicted octanol–water partition coefficient (Wildman–Crippen LogP) is 3.94. The van der Waals surface area contributed by atoms with Crippen LogP contribution < -0.4 is 5.32 Å². The zero-order valence-electron chi connectivity index (χ0n) is 11.4. The number of hydrogen-bond donors (Lipinski definition) is 1. The lowest BCUT2D eigenvalue weighted by molar-refractivity contribution is -0.138. The number of hydrogen-bond acceptors (Lipinski definition) is 1. The van der Waals surface area contributed by atoms with E-state index in [-0.39, 0.29) is 12.1 Å². The Labute approximate surface area is 120 Å². The average molecular weight is 293 g/mol. The van der Waals surface area contributed by atoms with Crippen LogP contribution in [-0.2, 0) is 12.7 Å². The molecule has 1 N–H and O–H groups in total. The van der Waals surface area contributed by atoms with Gasteiger partial charge in [0.2, 0.25) is 0 Å². The summed E-state index contributed by atoms with van der Waals surface area (Å²) in [5, 5.41) is 2.51. The zero-order valence-corrected chi connectivity index (χ0v) is 11.4. The molecule has 0 aliphatic heterocycles. The third-order valence-corrected chi connectivity index (χ3v) is 3.08. The normalized spacial score (nSPS) is 11.2. The molecule has 0 radical (unpaired) electrons. The molecule has 2 aromatic rings. The molecule has 0 saturated heterocycles. The van der Waals surface area contributed by atoms with Crippen molar-refractivity contribution in [1.82, 2.24) is 5.32 Å². The van der Waals surface area contributed by atoms with Crippen LogP contribution in [0.3, 0.4) is 0 Å². The number of carbonyl (C=O) groups is 1. The van der Waals surface area contributed by atoms with Crippen LogP contribution in [0.15, 0.2) is 48.5 Å². The number of amides is 1. The minimum atomic E-state index is -4.43. The molecule has 0 atom stereocenters.